The van der Waals surface area contributed by atoms with Crippen LogP contribution in [0, 0.1) is 0 Å². The third kappa shape index (κ3) is 2.93. The summed E-state index contributed by atoms with van der Waals surface area (Å²) in [7, 11) is 0. The van der Waals surface area contributed by atoms with Gasteiger partial charge in [-0.2, -0.15) is 0 Å². The van der Waals surface area contributed by atoms with E-state index in [0.29, 0.717) is 10.0 Å². The highest BCUT2D eigenvalue weighted by atomic mass is 35.5. The molecular weight excluding hydrogens is 317 g/mol. The molecule has 3 rings (SSSR count). The second-order valence-electron chi connectivity index (χ2n) is 6.67. The van der Waals surface area contributed by atoms with E-state index >= 15 is 0 Å². The number of hydrogen-bond donors (Lipinski definition) is 0. The Labute approximate surface area is 142 Å². The Morgan fingerprint density at radius 1 is 1.00 bits per heavy atom. The van der Waals surface area contributed by atoms with E-state index in [1.165, 1.54) is 44.0 Å². The lowest BCUT2D eigenvalue weighted by Crippen LogP contribution is -2.52. The lowest BCUT2D eigenvalue weighted by molar-refractivity contribution is -0.115. The lowest BCUT2D eigenvalue weighted by Gasteiger charge is -2.43. The molecule has 2 aliphatic rings. The summed E-state index contributed by atoms with van der Waals surface area (Å²) in [5.41, 5.74) is 1.09. The summed E-state index contributed by atoms with van der Waals surface area (Å²) < 4.78 is 0. The number of piperidine rings is 1. The van der Waals surface area contributed by atoms with Crippen LogP contribution < -0.4 is 0 Å². The summed E-state index contributed by atoms with van der Waals surface area (Å²) in [4.78, 5) is 14.4. The maximum Gasteiger partial charge on any atom is 0.138 e. The molecule has 0 amide bonds. The predicted octanol–water partition coefficient (Wildman–Crippen LogP) is 4.86. The van der Waals surface area contributed by atoms with E-state index in [-0.39, 0.29) is 11.5 Å². The number of nitrogens with zero attached hydrogens (tertiary/aromatic N) is 1. The number of aldehydes is 1. The molecule has 1 aromatic carbocycles. The molecule has 1 aromatic rings. The molecular formula is C18H23Cl2NO. The van der Waals surface area contributed by atoms with Crippen molar-refractivity contribution in [3.63, 3.8) is 0 Å². The molecule has 120 valence electrons. The van der Waals surface area contributed by atoms with Crippen LogP contribution in [0.4, 0.5) is 0 Å². The Hall–Kier alpha value is -0.570. The van der Waals surface area contributed by atoms with Crippen LogP contribution in [-0.4, -0.2) is 30.3 Å². The molecule has 22 heavy (non-hydrogen) atoms. The second-order valence-corrected chi connectivity index (χ2v) is 7.48. The fraction of sp³-hybridized carbons (Fsp3) is 0.611. The Morgan fingerprint density at radius 3 is 2.27 bits per heavy atom. The minimum Gasteiger partial charge on any atom is -0.302 e. The van der Waals surface area contributed by atoms with Gasteiger partial charge in [0.05, 0.1) is 16.1 Å². The zero-order chi connectivity index (χ0) is 15.6. The average Bonchev–Trinajstić information content (AvgIpc) is 3.02. The SMILES string of the molecule is O=CC(N1CCCCC1)C1(c2ccc(Cl)c(Cl)c2)CCCC1. The number of halogens is 2. The fourth-order valence-corrected chi connectivity index (χ4v) is 4.63. The highest BCUT2D eigenvalue weighted by Crippen LogP contribution is 2.46. The van der Waals surface area contributed by atoms with Crippen molar-refractivity contribution in [2.75, 3.05) is 13.1 Å². The molecule has 0 aromatic heterocycles. The van der Waals surface area contributed by atoms with Crippen molar-refractivity contribution < 1.29 is 4.79 Å². The molecule has 0 radical (unpaired) electrons. The van der Waals surface area contributed by atoms with Gasteiger partial charge in [0.15, 0.2) is 0 Å². The lowest BCUT2D eigenvalue weighted by atomic mass is 9.72. The van der Waals surface area contributed by atoms with Crippen molar-refractivity contribution in [1.82, 2.24) is 4.90 Å². The maximum atomic E-state index is 12.0. The van der Waals surface area contributed by atoms with Gasteiger partial charge in [0.1, 0.15) is 6.29 Å². The molecule has 2 nitrogen and oxygen atoms in total. The first-order valence-electron chi connectivity index (χ1n) is 8.32. The fourth-order valence-electron chi connectivity index (χ4n) is 4.33. The van der Waals surface area contributed by atoms with Gasteiger partial charge >= 0.3 is 0 Å². The monoisotopic (exact) mass is 339 g/mol. The summed E-state index contributed by atoms with van der Waals surface area (Å²) in [6.07, 6.45) is 9.33. The highest BCUT2D eigenvalue weighted by Gasteiger charge is 2.45. The van der Waals surface area contributed by atoms with Gasteiger partial charge in [-0.15, -0.1) is 0 Å². The van der Waals surface area contributed by atoms with Crippen molar-refractivity contribution in [3.8, 4) is 0 Å². The summed E-state index contributed by atoms with van der Waals surface area (Å²) in [6.45, 7) is 2.07. The van der Waals surface area contributed by atoms with Crippen LogP contribution in [0.5, 0.6) is 0 Å². The number of benzene rings is 1. The maximum absolute atomic E-state index is 12.0. The smallest absolute Gasteiger partial charge is 0.138 e. The van der Waals surface area contributed by atoms with Crippen LogP contribution >= 0.6 is 23.2 Å². The molecule has 0 N–H and O–H groups in total. The molecule has 1 atom stereocenters. The zero-order valence-corrected chi connectivity index (χ0v) is 14.4. The van der Waals surface area contributed by atoms with Crippen molar-refractivity contribution in [3.05, 3.63) is 33.8 Å². The van der Waals surface area contributed by atoms with Crippen LogP contribution in [0.15, 0.2) is 18.2 Å². The molecule has 1 unspecified atom stereocenters. The van der Waals surface area contributed by atoms with Crippen molar-refractivity contribution in [1.29, 1.82) is 0 Å². The second kappa shape index (κ2) is 6.90. The predicted molar refractivity (Wildman–Crippen MR) is 91.9 cm³/mol. The number of hydrogen-bond acceptors (Lipinski definition) is 2. The molecule has 0 bridgehead atoms. The number of likely N-dealkylation sites (tertiary alicyclic amines) is 1. The standard InChI is InChI=1S/C18H23Cl2NO/c19-15-7-6-14(12-16(15)20)18(8-2-3-9-18)17(13-22)21-10-4-1-5-11-21/h6-7,12-13,17H,1-5,8-11H2. The van der Waals surface area contributed by atoms with Gasteiger partial charge < -0.3 is 4.79 Å². The van der Waals surface area contributed by atoms with E-state index in [0.717, 1.165) is 25.9 Å². The van der Waals surface area contributed by atoms with E-state index in [1.807, 2.05) is 12.1 Å². The molecule has 1 heterocycles. The van der Waals surface area contributed by atoms with E-state index in [9.17, 15) is 4.79 Å². The summed E-state index contributed by atoms with van der Waals surface area (Å²) in [5.74, 6) is 0. The number of carbonyl (C=O) groups is 1. The van der Waals surface area contributed by atoms with Gasteiger partial charge in [-0.05, 0) is 56.5 Å². The Bertz CT molecular complexity index is 534. The van der Waals surface area contributed by atoms with Gasteiger partial charge in [-0.3, -0.25) is 4.90 Å². The third-order valence-electron chi connectivity index (χ3n) is 5.47. The number of carbonyl (C=O) groups excluding carboxylic acids is 1. The van der Waals surface area contributed by atoms with Gasteiger partial charge in [0.2, 0.25) is 0 Å². The Morgan fingerprint density at radius 2 is 1.68 bits per heavy atom. The van der Waals surface area contributed by atoms with Crippen LogP contribution in [0.1, 0.15) is 50.5 Å². The van der Waals surface area contributed by atoms with E-state index in [1.54, 1.807) is 0 Å². The van der Waals surface area contributed by atoms with Crippen molar-refractivity contribution in [2.24, 2.45) is 0 Å². The normalized spacial score (nSPS) is 23.4. The van der Waals surface area contributed by atoms with Gasteiger partial charge in [0, 0.05) is 5.41 Å². The first kappa shape index (κ1) is 16.3. The number of rotatable bonds is 4. The summed E-state index contributed by atoms with van der Waals surface area (Å²) >= 11 is 12.3. The van der Waals surface area contributed by atoms with E-state index in [2.05, 4.69) is 11.0 Å². The minimum absolute atomic E-state index is 0.0347. The van der Waals surface area contributed by atoms with Crippen LogP contribution in [0.25, 0.3) is 0 Å². The van der Waals surface area contributed by atoms with Crippen LogP contribution in [0.3, 0.4) is 0 Å². The molecule has 1 saturated carbocycles. The largest absolute Gasteiger partial charge is 0.302 e. The average molecular weight is 340 g/mol. The molecule has 0 spiro atoms. The topological polar surface area (TPSA) is 20.3 Å². The zero-order valence-electron chi connectivity index (χ0n) is 12.9. The van der Waals surface area contributed by atoms with Gasteiger partial charge in [-0.25, -0.2) is 0 Å². The van der Waals surface area contributed by atoms with Crippen molar-refractivity contribution in [2.45, 2.75) is 56.4 Å². The molecule has 4 heteroatoms. The quantitative estimate of drug-likeness (QED) is 0.730. The van der Waals surface area contributed by atoms with Crippen LogP contribution in [-0.2, 0) is 10.2 Å². The first-order valence-corrected chi connectivity index (χ1v) is 9.08. The van der Waals surface area contributed by atoms with Crippen molar-refractivity contribution >= 4 is 29.5 Å². The van der Waals surface area contributed by atoms with Gasteiger partial charge in [-0.1, -0.05) is 48.5 Å². The van der Waals surface area contributed by atoms with Gasteiger partial charge in [0.25, 0.3) is 0 Å². The van der Waals surface area contributed by atoms with Crippen LogP contribution in [0.2, 0.25) is 10.0 Å². The Kier molecular flexibility index (Phi) is 5.11. The minimum atomic E-state index is -0.0900. The first-order chi connectivity index (χ1) is 10.7. The molecule has 1 saturated heterocycles. The Balaban J connectivity index is 1.98. The third-order valence-corrected chi connectivity index (χ3v) is 6.21. The molecule has 1 aliphatic heterocycles. The van der Waals surface area contributed by atoms with E-state index < -0.39 is 0 Å². The van der Waals surface area contributed by atoms with E-state index in [4.69, 9.17) is 23.2 Å². The molecule has 1 aliphatic carbocycles. The summed E-state index contributed by atoms with van der Waals surface area (Å²) in [6, 6.07) is 5.89. The molecule has 2 fully saturated rings. The summed E-state index contributed by atoms with van der Waals surface area (Å²) in [5, 5.41) is 1.17. The highest BCUT2D eigenvalue weighted by molar-refractivity contribution is 6.42.